The lowest BCUT2D eigenvalue weighted by Gasteiger charge is -2.25. The third-order valence-electron chi connectivity index (χ3n) is 4.08. The van der Waals surface area contributed by atoms with Crippen molar-refractivity contribution in [3.8, 4) is 0 Å². The molecule has 1 aliphatic carbocycles. The second kappa shape index (κ2) is 8.67. The van der Waals surface area contributed by atoms with Crippen LogP contribution >= 0.6 is 11.3 Å². The zero-order valence-corrected chi connectivity index (χ0v) is 13.7. The van der Waals surface area contributed by atoms with Gasteiger partial charge in [0.1, 0.15) is 0 Å². The summed E-state index contributed by atoms with van der Waals surface area (Å²) in [6, 6.07) is 3.60. The summed E-state index contributed by atoms with van der Waals surface area (Å²) >= 11 is 1.39. The van der Waals surface area contributed by atoms with Crippen molar-refractivity contribution in [2.24, 2.45) is 11.8 Å². The quantitative estimate of drug-likeness (QED) is 0.662. The fraction of sp³-hybridized carbons (Fsp3) is 0.562. The first-order valence-electron chi connectivity index (χ1n) is 7.90. The fourth-order valence-electron chi connectivity index (χ4n) is 2.79. The summed E-state index contributed by atoms with van der Waals surface area (Å²) in [6.45, 7) is 0.983. The van der Waals surface area contributed by atoms with Gasteiger partial charge >= 0.3 is 5.97 Å². The Balaban J connectivity index is 1.61. The van der Waals surface area contributed by atoms with Crippen LogP contribution in [0.15, 0.2) is 17.5 Å². The molecule has 1 aromatic rings. The summed E-state index contributed by atoms with van der Waals surface area (Å²) in [5, 5.41) is 16.5. The van der Waals surface area contributed by atoms with Crippen LogP contribution in [0.2, 0.25) is 0 Å². The van der Waals surface area contributed by atoms with Crippen molar-refractivity contribution < 1.29 is 19.5 Å². The predicted octanol–water partition coefficient (Wildman–Crippen LogP) is 1.88. The summed E-state index contributed by atoms with van der Waals surface area (Å²) in [5.41, 5.74) is 0. The summed E-state index contributed by atoms with van der Waals surface area (Å²) in [7, 11) is 0. The van der Waals surface area contributed by atoms with E-state index in [9.17, 15) is 14.4 Å². The van der Waals surface area contributed by atoms with Gasteiger partial charge in [-0.3, -0.25) is 14.4 Å². The number of carbonyl (C=O) groups is 3. The van der Waals surface area contributed by atoms with Crippen LogP contribution in [0.3, 0.4) is 0 Å². The summed E-state index contributed by atoms with van der Waals surface area (Å²) in [4.78, 5) is 35.5. The molecule has 2 amide bonds. The Morgan fingerprint density at radius 3 is 2.61 bits per heavy atom. The van der Waals surface area contributed by atoms with Gasteiger partial charge < -0.3 is 15.7 Å². The van der Waals surface area contributed by atoms with Crippen LogP contribution in [-0.4, -0.2) is 36.0 Å². The average molecular weight is 338 g/mol. The van der Waals surface area contributed by atoms with Crippen LogP contribution in [0.4, 0.5) is 0 Å². The van der Waals surface area contributed by atoms with E-state index in [2.05, 4.69) is 10.6 Å². The number of carboxylic acid groups (broad SMARTS) is 1. The second-order valence-corrected chi connectivity index (χ2v) is 6.72. The highest BCUT2D eigenvalue weighted by Crippen LogP contribution is 2.29. The van der Waals surface area contributed by atoms with Gasteiger partial charge in [0.25, 0.3) is 5.91 Å². The SMILES string of the molecule is O=C(NCCCNC(=O)C1CCCC(C(=O)O)C1)c1cccs1. The van der Waals surface area contributed by atoms with E-state index in [0.717, 1.165) is 12.8 Å². The molecule has 0 spiro atoms. The van der Waals surface area contributed by atoms with Crippen LogP contribution in [0.1, 0.15) is 41.8 Å². The molecule has 0 radical (unpaired) electrons. The highest BCUT2D eigenvalue weighted by molar-refractivity contribution is 7.12. The molecular formula is C16H22N2O4S. The number of rotatable bonds is 7. The molecule has 1 aromatic heterocycles. The predicted molar refractivity (Wildman–Crippen MR) is 87.4 cm³/mol. The smallest absolute Gasteiger partial charge is 0.306 e. The number of carboxylic acids is 1. The van der Waals surface area contributed by atoms with Crippen molar-refractivity contribution in [1.29, 1.82) is 0 Å². The molecule has 1 saturated carbocycles. The minimum absolute atomic E-state index is 0.0690. The molecule has 2 unspecified atom stereocenters. The number of hydrogen-bond donors (Lipinski definition) is 3. The number of hydrogen-bond acceptors (Lipinski definition) is 4. The van der Waals surface area contributed by atoms with Gasteiger partial charge in [0.15, 0.2) is 0 Å². The van der Waals surface area contributed by atoms with Gasteiger partial charge in [-0.25, -0.2) is 0 Å². The van der Waals surface area contributed by atoms with Crippen molar-refractivity contribution >= 4 is 29.1 Å². The first-order valence-corrected chi connectivity index (χ1v) is 8.78. The molecular weight excluding hydrogens is 316 g/mol. The van der Waals surface area contributed by atoms with E-state index in [1.165, 1.54) is 11.3 Å². The maximum atomic E-state index is 12.1. The lowest BCUT2D eigenvalue weighted by molar-refractivity contribution is -0.144. The van der Waals surface area contributed by atoms with Gasteiger partial charge in [0.05, 0.1) is 10.8 Å². The molecule has 0 saturated heterocycles. The molecule has 0 aliphatic heterocycles. The van der Waals surface area contributed by atoms with Crippen LogP contribution in [0.25, 0.3) is 0 Å². The number of amides is 2. The minimum atomic E-state index is -0.807. The van der Waals surface area contributed by atoms with Crippen molar-refractivity contribution in [3.05, 3.63) is 22.4 Å². The number of carbonyl (C=O) groups excluding carboxylic acids is 2. The Morgan fingerprint density at radius 2 is 1.91 bits per heavy atom. The topological polar surface area (TPSA) is 95.5 Å². The summed E-state index contributed by atoms with van der Waals surface area (Å²) < 4.78 is 0. The standard InChI is InChI=1S/C16H22N2O4S/c19-14(11-4-1-5-12(10-11)16(21)22)17-7-3-8-18-15(20)13-6-2-9-23-13/h2,6,9,11-12H,1,3-5,7-8,10H2,(H,17,19)(H,18,20)(H,21,22). The molecule has 0 bridgehead atoms. The number of nitrogens with one attached hydrogen (secondary N) is 2. The zero-order chi connectivity index (χ0) is 16.7. The Hall–Kier alpha value is -1.89. The van der Waals surface area contributed by atoms with Crippen molar-refractivity contribution in [2.75, 3.05) is 13.1 Å². The molecule has 23 heavy (non-hydrogen) atoms. The van der Waals surface area contributed by atoms with E-state index in [0.29, 0.717) is 37.2 Å². The molecule has 2 rings (SSSR count). The molecule has 1 fully saturated rings. The zero-order valence-electron chi connectivity index (χ0n) is 12.9. The molecule has 7 heteroatoms. The van der Waals surface area contributed by atoms with Crippen LogP contribution < -0.4 is 10.6 Å². The van der Waals surface area contributed by atoms with E-state index in [-0.39, 0.29) is 17.7 Å². The normalized spacial score (nSPS) is 20.7. The van der Waals surface area contributed by atoms with Gasteiger partial charge in [-0.2, -0.15) is 0 Å². The van der Waals surface area contributed by atoms with E-state index in [4.69, 9.17) is 5.11 Å². The lowest BCUT2D eigenvalue weighted by atomic mass is 9.81. The summed E-state index contributed by atoms with van der Waals surface area (Å²) in [6.07, 6.45) is 3.28. The third-order valence-corrected chi connectivity index (χ3v) is 4.95. The summed E-state index contributed by atoms with van der Waals surface area (Å²) in [5.74, 6) is -1.57. The molecule has 1 aliphatic rings. The van der Waals surface area contributed by atoms with E-state index >= 15 is 0 Å². The molecule has 3 N–H and O–H groups in total. The van der Waals surface area contributed by atoms with Gasteiger partial charge in [-0.15, -0.1) is 11.3 Å². The highest BCUT2D eigenvalue weighted by atomic mass is 32.1. The maximum Gasteiger partial charge on any atom is 0.306 e. The van der Waals surface area contributed by atoms with E-state index in [1.807, 2.05) is 11.4 Å². The first kappa shape index (κ1) is 17.5. The van der Waals surface area contributed by atoms with Gasteiger partial charge in [0.2, 0.25) is 5.91 Å². The van der Waals surface area contributed by atoms with Gasteiger partial charge in [-0.05, 0) is 37.1 Å². The van der Waals surface area contributed by atoms with Crippen molar-refractivity contribution in [1.82, 2.24) is 10.6 Å². The average Bonchev–Trinajstić information content (AvgIpc) is 3.08. The van der Waals surface area contributed by atoms with Crippen molar-refractivity contribution in [2.45, 2.75) is 32.1 Å². The Morgan fingerprint density at radius 1 is 1.17 bits per heavy atom. The second-order valence-electron chi connectivity index (χ2n) is 5.78. The van der Waals surface area contributed by atoms with E-state index < -0.39 is 11.9 Å². The fourth-order valence-corrected chi connectivity index (χ4v) is 3.43. The maximum absolute atomic E-state index is 12.1. The highest BCUT2D eigenvalue weighted by Gasteiger charge is 2.30. The van der Waals surface area contributed by atoms with Crippen LogP contribution in [-0.2, 0) is 9.59 Å². The Labute approximate surface area is 139 Å². The van der Waals surface area contributed by atoms with Gasteiger partial charge in [-0.1, -0.05) is 12.5 Å². The molecule has 126 valence electrons. The molecule has 6 nitrogen and oxygen atoms in total. The molecule has 2 atom stereocenters. The Bertz CT molecular complexity index is 544. The lowest BCUT2D eigenvalue weighted by Crippen LogP contribution is -2.36. The third kappa shape index (κ3) is 5.35. The van der Waals surface area contributed by atoms with Crippen molar-refractivity contribution in [3.63, 3.8) is 0 Å². The minimum Gasteiger partial charge on any atom is -0.481 e. The van der Waals surface area contributed by atoms with Crippen LogP contribution in [0.5, 0.6) is 0 Å². The van der Waals surface area contributed by atoms with E-state index in [1.54, 1.807) is 6.07 Å². The monoisotopic (exact) mass is 338 g/mol. The Kier molecular flexibility index (Phi) is 6.58. The number of thiophene rings is 1. The molecule has 1 heterocycles. The number of aliphatic carboxylic acids is 1. The largest absolute Gasteiger partial charge is 0.481 e. The first-order chi connectivity index (χ1) is 11.1. The van der Waals surface area contributed by atoms with Crippen LogP contribution in [0, 0.1) is 11.8 Å². The molecule has 0 aromatic carbocycles. The van der Waals surface area contributed by atoms with Gasteiger partial charge in [0, 0.05) is 19.0 Å².